The van der Waals surface area contributed by atoms with Crippen molar-refractivity contribution in [1.29, 1.82) is 0 Å². The van der Waals surface area contributed by atoms with Crippen LogP contribution in [0.3, 0.4) is 0 Å². The molecule has 0 aromatic carbocycles. The summed E-state index contributed by atoms with van der Waals surface area (Å²) in [4.78, 5) is 57.0. The summed E-state index contributed by atoms with van der Waals surface area (Å²) >= 11 is 1.11. The molecule has 0 aliphatic carbocycles. The van der Waals surface area contributed by atoms with Crippen molar-refractivity contribution in [2.24, 2.45) is 4.99 Å². The molecule has 13 nitrogen and oxygen atoms in total. The number of alkyl carbamates (subject to hydrolysis) is 3. The van der Waals surface area contributed by atoms with Crippen LogP contribution in [-0.4, -0.2) is 81.8 Å². The molecule has 0 fully saturated rings. The Bertz CT molecular complexity index is 1060. The van der Waals surface area contributed by atoms with Gasteiger partial charge in [0, 0.05) is 28.1 Å². The summed E-state index contributed by atoms with van der Waals surface area (Å²) in [5, 5.41) is 18.7. The molecule has 0 aliphatic heterocycles. The first-order chi connectivity index (χ1) is 19.2. The number of ether oxygens (including phenoxy) is 3. The van der Waals surface area contributed by atoms with Gasteiger partial charge in [0.25, 0.3) is 0 Å². The van der Waals surface area contributed by atoms with Gasteiger partial charge < -0.3 is 24.6 Å². The first-order valence-electron chi connectivity index (χ1n) is 13.8. The average molecular weight is 646 g/mol. The van der Waals surface area contributed by atoms with Crippen LogP contribution in [0.5, 0.6) is 0 Å². The van der Waals surface area contributed by atoms with Gasteiger partial charge in [0.1, 0.15) is 10.6 Å². The van der Waals surface area contributed by atoms with E-state index in [0.717, 1.165) is 23.4 Å². The van der Waals surface area contributed by atoms with Crippen LogP contribution in [0.25, 0.3) is 0 Å². The predicted octanol–water partition coefficient (Wildman–Crippen LogP) is 5.67. The highest BCUT2D eigenvalue weighted by atomic mass is 32.1. The van der Waals surface area contributed by atoms with Gasteiger partial charge in [-0.1, -0.05) is 39.3 Å². The Morgan fingerprint density at radius 2 is 1.48 bits per heavy atom. The Morgan fingerprint density at radius 3 is 1.90 bits per heavy atom. The van der Waals surface area contributed by atoms with E-state index in [1.165, 1.54) is 5.38 Å². The maximum Gasteiger partial charge on any atom is 0.413 e. The zero-order chi connectivity index (χ0) is 32.1. The van der Waals surface area contributed by atoms with Crippen molar-refractivity contribution in [2.45, 2.75) is 96.6 Å². The molecule has 1 heterocycles. The van der Waals surface area contributed by atoms with Gasteiger partial charge in [-0.2, -0.15) is 0 Å². The summed E-state index contributed by atoms with van der Waals surface area (Å²) in [5.41, 5.74) is -0.854. The second-order valence-electron chi connectivity index (χ2n) is 13.1. The fourth-order valence-electron chi connectivity index (χ4n) is 3.02. The van der Waals surface area contributed by atoms with Gasteiger partial charge in [0.2, 0.25) is 5.96 Å². The van der Waals surface area contributed by atoms with Gasteiger partial charge >= 0.3 is 24.2 Å². The van der Waals surface area contributed by atoms with Gasteiger partial charge in [-0.15, -0.1) is 11.3 Å². The van der Waals surface area contributed by atoms with Crippen LogP contribution in [0, 0.1) is 0 Å². The third-order valence-corrected chi connectivity index (χ3v) is 9.63. The molecule has 16 heteroatoms. The molecule has 0 spiro atoms. The molecule has 0 unspecified atom stereocenters. The molecule has 4 N–H and O–H groups in total. The standard InChI is InChI=1S/C26H47N5O8SSi2/c1-26(2,3)39-25(36)29-18(20-28-19(17-40-20)21(32)33)11-10-12-27-22(30-23(34)37-13-15-41(4,5)6)31-24(35)38-14-16-42(7,8)9/h17-18H,10-16H2,1-9H3,(H,29,36)(H,32,33)(H2,27,30,31,34,35)/t18-/m0/s1. The number of nitrogens with one attached hydrogen (secondary N) is 3. The van der Waals surface area contributed by atoms with Gasteiger partial charge in [-0.3, -0.25) is 15.6 Å². The highest BCUT2D eigenvalue weighted by Gasteiger charge is 2.24. The zero-order valence-electron chi connectivity index (χ0n) is 26.2. The van der Waals surface area contributed by atoms with Crippen LogP contribution in [0.1, 0.15) is 55.2 Å². The van der Waals surface area contributed by atoms with Crippen molar-refractivity contribution < 1.29 is 38.5 Å². The predicted molar refractivity (Wildman–Crippen MR) is 168 cm³/mol. The zero-order valence-corrected chi connectivity index (χ0v) is 29.0. The molecule has 1 aromatic heterocycles. The maximum atomic E-state index is 12.4. The van der Waals surface area contributed by atoms with E-state index >= 15 is 0 Å². The number of guanidine groups is 1. The second kappa shape index (κ2) is 16.6. The number of carbonyl (C=O) groups excluding carboxylic acids is 3. The van der Waals surface area contributed by atoms with Crippen LogP contribution in [0.15, 0.2) is 10.4 Å². The van der Waals surface area contributed by atoms with E-state index in [1.54, 1.807) is 20.8 Å². The van der Waals surface area contributed by atoms with Crippen LogP contribution in [0.2, 0.25) is 51.4 Å². The summed E-state index contributed by atoms with van der Waals surface area (Å²) in [6.07, 6.45) is -1.46. The summed E-state index contributed by atoms with van der Waals surface area (Å²) in [5.74, 6) is -1.29. The number of hydrogen-bond donors (Lipinski definition) is 4. The lowest BCUT2D eigenvalue weighted by atomic mass is 10.1. The molecule has 42 heavy (non-hydrogen) atoms. The number of carboxylic acid groups (broad SMARTS) is 1. The molecule has 1 atom stereocenters. The Kier molecular flexibility index (Phi) is 14.6. The van der Waals surface area contributed by atoms with Crippen molar-refractivity contribution in [1.82, 2.24) is 20.9 Å². The Labute approximate surface area is 254 Å². The average Bonchev–Trinajstić information content (AvgIpc) is 3.28. The first-order valence-corrected chi connectivity index (χ1v) is 22.1. The molecule has 3 amide bonds. The van der Waals surface area contributed by atoms with Crippen molar-refractivity contribution in [3.8, 4) is 0 Å². The number of nitrogens with zero attached hydrogens (tertiary/aromatic N) is 2. The summed E-state index contributed by atoms with van der Waals surface area (Å²) in [7, 11) is -2.83. The van der Waals surface area contributed by atoms with Gasteiger partial charge in [0.05, 0.1) is 19.3 Å². The van der Waals surface area contributed by atoms with E-state index in [2.05, 4.69) is 65.2 Å². The van der Waals surface area contributed by atoms with E-state index in [9.17, 15) is 24.3 Å². The van der Waals surface area contributed by atoms with Crippen LogP contribution >= 0.6 is 11.3 Å². The van der Waals surface area contributed by atoms with E-state index in [-0.39, 0.29) is 31.4 Å². The lowest BCUT2D eigenvalue weighted by Crippen LogP contribution is -2.45. The number of carbonyl (C=O) groups is 4. The normalized spacial score (nSPS) is 12.5. The van der Waals surface area contributed by atoms with Crippen LogP contribution in [0.4, 0.5) is 14.4 Å². The molecular weight excluding hydrogens is 599 g/mol. The summed E-state index contributed by atoms with van der Waals surface area (Å²) < 4.78 is 15.9. The minimum Gasteiger partial charge on any atom is -0.476 e. The smallest absolute Gasteiger partial charge is 0.413 e. The van der Waals surface area contributed by atoms with Crippen molar-refractivity contribution in [3.63, 3.8) is 0 Å². The number of hydrogen-bond acceptors (Lipinski definition) is 10. The first kappa shape index (κ1) is 37.0. The quantitative estimate of drug-likeness (QED) is 0.0691. The largest absolute Gasteiger partial charge is 0.476 e. The van der Waals surface area contributed by atoms with E-state index < -0.39 is 52.0 Å². The lowest BCUT2D eigenvalue weighted by molar-refractivity contribution is 0.0500. The number of thiazole rings is 1. The topological polar surface area (TPSA) is 178 Å². The van der Waals surface area contributed by atoms with Crippen molar-refractivity contribution in [2.75, 3.05) is 19.8 Å². The number of amides is 3. The minimum atomic E-state index is -1.41. The molecule has 238 valence electrons. The molecule has 0 radical (unpaired) electrons. The fraction of sp³-hybridized carbons (Fsp3) is 0.692. The van der Waals surface area contributed by atoms with Crippen LogP contribution in [-0.2, 0) is 14.2 Å². The number of aromatic carboxylic acids is 1. The molecule has 0 aliphatic rings. The maximum absolute atomic E-state index is 12.4. The molecule has 1 rings (SSSR count). The molecule has 0 bridgehead atoms. The van der Waals surface area contributed by atoms with Crippen molar-refractivity contribution >= 4 is 57.7 Å². The molecule has 0 saturated carbocycles. The van der Waals surface area contributed by atoms with E-state index in [4.69, 9.17) is 14.2 Å². The highest BCUT2D eigenvalue weighted by Crippen LogP contribution is 2.23. The van der Waals surface area contributed by atoms with Gasteiger partial charge in [-0.25, -0.2) is 24.2 Å². The monoisotopic (exact) mass is 645 g/mol. The Hall–Kier alpha value is -2.99. The number of aromatic nitrogens is 1. The summed E-state index contributed by atoms with van der Waals surface area (Å²) in [6, 6.07) is 0.923. The van der Waals surface area contributed by atoms with E-state index in [0.29, 0.717) is 17.8 Å². The lowest BCUT2D eigenvalue weighted by Gasteiger charge is -2.22. The summed E-state index contributed by atoms with van der Waals surface area (Å²) in [6.45, 7) is 18.8. The molecule has 0 saturated heterocycles. The third kappa shape index (κ3) is 17.7. The highest BCUT2D eigenvalue weighted by molar-refractivity contribution is 7.09. The van der Waals surface area contributed by atoms with Crippen LogP contribution < -0.4 is 16.0 Å². The number of carboxylic acids is 1. The number of aliphatic imine (C=N–C) groups is 1. The molecular formula is C26H47N5O8SSi2. The van der Waals surface area contributed by atoms with Gasteiger partial charge in [0.15, 0.2) is 5.69 Å². The minimum absolute atomic E-state index is 0.120. The second-order valence-corrected chi connectivity index (χ2v) is 25.2. The fourth-order valence-corrected chi connectivity index (χ4v) is 5.32. The number of rotatable bonds is 13. The Balaban J connectivity index is 2.93. The molecule has 1 aromatic rings. The SMILES string of the molecule is CC(C)(C)OC(=O)N[C@@H](CCCN=C(NC(=O)OCC[Si](C)(C)C)NC(=O)OCC[Si](C)(C)C)c1nc(C(=O)O)cs1. The van der Waals surface area contributed by atoms with Crippen molar-refractivity contribution in [3.05, 3.63) is 16.1 Å². The van der Waals surface area contributed by atoms with Gasteiger partial charge in [-0.05, 0) is 45.7 Å². The van der Waals surface area contributed by atoms with E-state index in [1.807, 2.05) is 0 Å². The Morgan fingerprint density at radius 1 is 0.952 bits per heavy atom. The third-order valence-electron chi connectivity index (χ3n) is 5.26.